The lowest BCUT2D eigenvalue weighted by atomic mass is 10.1. The van der Waals surface area contributed by atoms with Crippen LogP contribution >= 0.6 is 0 Å². The molecule has 1 fully saturated rings. The SMILES string of the molecule is Cc1cc(C(=O)N2CCOC[C@H]2c2nnc(C)o2)c(C)o1. The van der Waals surface area contributed by atoms with Crippen LogP contribution < -0.4 is 0 Å². The molecule has 3 rings (SSSR count). The lowest BCUT2D eigenvalue weighted by molar-refractivity contribution is -0.0107. The summed E-state index contributed by atoms with van der Waals surface area (Å²) in [6.45, 7) is 6.65. The minimum Gasteiger partial charge on any atom is -0.466 e. The molecule has 0 bridgehead atoms. The van der Waals surface area contributed by atoms with Crippen molar-refractivity contribution < 1.29 is 18.4 Å². The van der Waals surface area contributed by atoms with Gasteiger partial charge in [0.1, 0.15) is 17.6 Å². The lowest BCUT2D eigenvalue weighted by Gasteiger charge is -2.33. The number of morpholine rings is 1. The Balaban J connectivity index is 1.90. The number of carbonyl (C=O) groups excluding carboxylic acids is 1. The van der Waals surface area contributed by atoms with E-state index in [2.05, 4.69) is 10.2 Å². The third kappa shape index (κ3) is 2.56. The van der Waals surface area contributed by atoms with E-state index in [9.17, 15) is 4.79 Å². The van der Waals surface area contributed by atoms with Gasteiger partial charge in [0.05, 0.1) is 18.8 Å². The molecule has 0 aliphatic carbocycles. The Morgan fingerprint density at radius 1 is 1.29 bits per heavy atom. The molecule has 3 heterocycles. The summed E-state index contributed by atoms with van der Waals surface area (Å²) in [6.07, 6.45) is 0. The number of ether oxygens (including phenoxy) is 1. The Kier molecular flexibility index (Phi) is 3.50. The predicted molar refractivity (Wildman–Crippen MR) is 71.8 cm³/mol. The Morgan fingerprint density at radius 2 is 2.10 bits per heavy atom. The molecule has 1 saturated heterocycles. The number of rotatable bonds is 2. The number of hydrogen-bond acceptors (Lipinski definition) is 6. The van der Waals surface area contributed by atoms with Crippen LogP contribution in [0.1, 0.15) is 39.7 Å². The maximum atomic E-state index is 12.7. The number of carbonyl (C=O) groups is 1. The average molecular weight is 291 g/mol. The molecule has 112 valence electrons. The molecule has 1 atom stereocenters. The molecule has 2 aromatic heterocycles. The summed E-state index contributed by atoms with van der Waals surface area (Å²) in [5.74, 6) is 2.10. The van der Waals surface area contributed by atoms with E-state index in [1.807, 2.05) is 6.92 Å². The van der Waals surface area contributed by atoms with Crippen LogP contribution in [0.2, 0.25) is 0 Å². The van der Waals surface area contributed by atoms with Gasteiger partial charge in [-0.15, -0.1) is 10.2 Å². The second-order valence-electron chi connectivity index (χ2n) is 5.08. The van der Waals surface area contributed by atoms with Crippen LogP contribution in [0, 0.1) is 20.8 Å². The first-order chi connectivity index (χ1) is 10.1. The average Bonchev–Trinajstić information content (AvgIpc) is 3.04. The van der Waals surface area contributed by atoms with Crippen LogP contribution in [0.5, 0.6) is 0 Å². The van der Waals surface area contributed by atoms with E-state index in [0.29, 0.717) is 48.6 Å². The molecule has 0 N–H and O–H groups in total. The van der Waals surface area contributed by atoms with Crippen LogP contribution in [0.3, 0.4) is 0 Å². The topological polar surface area (TPSA) is 81.6 Å². The van der Waals surface area contributed by atoms with Gasteiger partial charge in [-0.3, -0.25) is 4.79 Å². The molecular weight excluding hydrogens is 274 g/mol. The van der Waals surface area contributed by atoms with Crippen molar-refractivity contribution in [1.29, 1.82) is 0 Å². The van der Waals surface area contributed by atoms with Crippen molar-refractivity contribution in [3.8, 4) is 0 Å². The highest BCUT2D eigenvalue weighted by Gasteiger charge is 2.34. The molecule has 0 saturated carbocycles. The van der Waals surface area contributed by atoms with Crippen LogP contribution in [0.15, 0.2) is 14.9 Å². The van der Waals surface area contributed by atoms with Crippen LogP contribution in [0.25, 0.3) is 0 Å². The second-order valence-corrected chi connectivity index (χ2v) is 5.08. The number of hydrogen-bond donors (Lipinski definition) is 0. The van der Waals surface area contributed by atoms with Crippen molar-refractivity contribution >= 4 is 5.91 Å². The van der Waals surface area contributed by atoms with Crippen molar-refractivity contribution in [3.05, 3.63) is 34.9 Å². The molecule has 2 aromatic rings. The molecule has 21 heavy (non-hydrogen) atoms. The van der Waals surface area contributed by atoms with E-state index in [0.717, 1.165) is 0 Å². The normalized spacial score (nSPS) is 19.0. The molecule has 1 aliphatic heterocycles. The van der Waals surface area contributed by atoms with Crippen molar-refractivity contribution in [2.75, 3.05) is 19.8 Å². The van der Waals surface area contributed by atoms with E-state index >= 15 is 0 Å². The number of amides is 1. The van der Waals surface area contributed by atoms with Gasteiger partial charge in [-0.25, -0.2) is 0 Å². The van der Waals surface area contributed by atoms with Gasteiger partial charge in [0.15, 0.2) is 0 Å². The van der Waals surface area contributed by atoms with E-state index in [4.69, 9.17) is 13.6 Å². The monoisotopic (exact) mass is 291 g/mol. The Hall–Kier alpha value is -2.15. The van der Waals surface area contributed by atoms with Gasteiger partial charge >= 0.3 is 0 Å². The highest BCUT2D eigenvalue weighted by Crippen LogP contribution is 2.26. The fourth-order valence-electron chi connectivity index (χ4n) is 2.50. The van der Waals surface area contributed by atoms with Gasteiger partial charge in [0.25, 0.3) is 5.91 Å². The second kappa shape index (κ2) is 5.33. The van der Waals surface area contributed by atoms with Crippen LogP contribution in [-0.4, -0.2) is 40.8 Å². The summed E-state index contributed by atoms with van der Waals surface area (Å²) < 4.78 is 16.3. The fraction of sp³-hybridized carbons (Fsp3) is 0.500. The minimum atomic E-state index is -0.359. The summed E-state index contributed by atoms with van der Waals surface area (Å²) in [5.41, 5.74) is 0.565. The van der Waals surface area contributed by atoms with Crippen molar-refractivity contribution in [1.82, 2.24) is 15.1 Å². The van der Waals surface area contributed by atoms with Gasteiger partial charge in [-0.2, -0.15) is 0 Å². The Bertz CT molecular complexity index is 661. The van der Waals surface area contributed by atoms with Crippen molar-refractivity contribution in [2.24, 2.45) is 0 Å². The van der Waals surface area contributed by atoms with E-state index in [1.165, 1.54) is 0 Å². The largest absolute Gasteiger partial charge is 0.466 e. The predicted octanol–water partition coefficient (Wildman–Crippen LogP) is 1.80. The number of furan rings is 1. The summed E-state index contributed by atoms with van der Waals surface area (Å²) in [6, 6.07) is 1.39. The Labute approximate surface area is 121 Å². The van der Waals surface area contributed by atoms with Gasteiger partial charge in [0.2, 0.25) is 11.8 Å². The first-order valence-corrected chi connectivity index (χ1v) is 6.82. The highest BCUT2D eigenvalue weighted by atomic mass is 16.5. The number of aromatic nitrogens is 2. The number of aryl methyl sites for hydroxylation is 3. The highest BCUT2D eigenvalue weighted by molar-refractivity contribution is 5.95. The van der Waals surface area contributed by atoms with Gasteiger partial charge in [0, 0.05) is 13.5 Å². The fourth-order valence-corrected chi connectivity index (χ4v) is 2.50. The maximum absolute atomic E-state index is 12.7. The lowest BCUT2D eigenvalue weighted by Crippen LogP contribution is -2.43. The zero-order valence-electron chi connectivity index (χ0n) is 12.3. The molecule has 0 unspecified atom stereocenters. The summed E-state index contributed by atoms with van der Waals surface area (Å²) in [4.78, 5) is 14.4. The molecule has 0 radical (unpaired) electrons. The van der Waals surface area contributed by atoms with Crippen LogP contribution in [-0.2, 0) is 4.74 Å². The first-order valence-electron chi connectivity index (χ1n) is 6.82. The molecule has 0 aromatic carbocycles. The first kappa shape index (κ1) is 13.8. The standard InChI is InChI=1S/C14H17N3O4/c1-8-6-11(9(2)20-8)14(18)17-4-5-19-7-12(17)13-16-15-10(3)21-13/h6,12H,4-5,7H2,1-3H3/t12-/m0/s1. The zero-order chi connectivity index (χ0) is 15.0. The van der Waals surface area contributed by atoms with E-state index < -0.39 is 0 Å². The molecule has 7 nitrogen and oxygen atoms in total. The smallest absolute Gasteiger partial charge is 0.258 e. The molecular formula is C14H17N3O4. The number of nitrogens with zero attached hydrogens (tertiary/aromatic N) is 3. The van der Waals surface area contributed by atoms with Crippen molar-refractivity contribution in [3.63, 3.8) is 0 Å². The minimum absolute atomic E-state index is 0.103. The van der Waals surface area contributed by atoms with Crippen LogP contribution in [0.4, 0.5) is 0 Å². The molecule has 1 aliphatic rings. The molecule has 1 amide bonds. The quantitative estimate of drug-likeness (QED) is 0.839. The third-order valence-electron chi connectivity index (χ3n) is 3.49. The van der Waals surface area contributed by atoms with Gasteiger partial charge in [-0.05, 0) is 19.9 Å². The zero-order valence-corrected chi connectivity index (χ0v) is 12.3. The summed E-state index contributed by atoms with van der Waals surface area (Å²) >= 11 is 0. The van der Waals surface area contributed by atoms with Gasteiger partial charge in [-0.1, -0.05) is 0 Å². The maximum Gasteiger partial charge on any atom is 0.258 e. The van der Waals surface area contributed by atoms with E-state index in [-0.39, 0.29) is 11.9 Å². The summed E-state index contributed by atoms with van der Waals surface area (Å²) in [5, 5.41) is 7.83. The molecule has 7 heteroatoms. The Morgan fingerprint density at radius 3 is 2.71 bits per heavy atom. The third-order valence-corrected chi connectivity index (χ3v) is 3.49. The summed E-state index contributed by atoms with van der Waals surface area (Å²) in [7, 11) is 0. The van der Waals surface area contributed by atoms with Gasteiger partial charge < -0.3 is 18.5 Å². The molecule has 0 spiro atoms. The van der Waals surface area contributed by atoms with Crippen molar-refractivity contribution in [2.45, 2.75) is 26.8 Å². The van der Waals surface area contributed by atoms with E-state index in [1.54, 1.807) is 24.8 Å².